The first-order chi connectivity index (χ1) is 14.3. The van der Waals surface area contributed by atoms with Crippen molar-refractivity contribution in [2.75, 3.05) is 30.8 Å². The molecule has 8 nitrogen and oxygen atoms in total. The van der Waals surface area contributed by atoms with E-state index in [4.69, 9.17) is 4.74 Å². The van der Waals surface area contributed by atoms with Gasteiger partial charge in [-0.05, 0) is 43.7 Å². The molecule has 0 saturated heterocycles. The number of halogens is 2. The number of alkyl halides is 2. The molecule has 0 bridgehead atoms. The lowest BCUT2D eigenvalue weighted by Gasteiger charge is -2.09. The van der Waals surface area contributed by atoms with Crippen LogP contribution in [0.15, 0.2) is 24.3 Å². The summed E-state index contributed by atoms with van der Waals surface area (Å²) in [5, 5.41) is 8.13. The third-order valence-corrected chi connectivity index (χ3v) is 5.05. The smallest absolute Gasteiger partial charge is 0.387 e. The van der Waals surface area contributed by atoms with Gasteiger partial charge in [0.1, 0.15) is 10.8 Å². The van der Waals surface area contributed by atoms with Gasteiger partial charge in [0, 0.05) is 12.7 Å². The molecule has 0 aliphatic rings. The Labute approximate surface area is 175 Å². The lowest BCUT2D eigenvalue weighted by molar-refractivity contribution is -0.114. The lowest BCUT2D eigenvalue weighted by Crippen LogP contribution is -2.22. The molecule has 2 aromatic rings. The molecular weight excluding hydrogens is 420 g/mol. The van der Waals surface area contributed by atoms with Gasteiger partial charge in [-0.25, -0.2) is 4.79 Å². The first-order valence-corrected chi connectivity index (χ1v) is 9.69. The van der Waals surface area contributed by atoms with E-state index in [9.17, 15) is 23.2 Å². The fourth-order valence-corrected chi connectivity index (χ4v) is 3.65. The van der Waals surface area contributed by atoms with Gasteiger partial charge in [0.05, 0.1) is 23.6 Å². The molecule has 1 aromatic heterocycles. The molecule has 0 saturated carbocycles. The summed E-state index contributed by atoms with van der Waals surface area (Å²) in [7, 11) is 1.46. The maximum Gasteiger partial charge on any atom is 0.387 e. The fourth-order valence-electron chi connectivity index (χ4n) is 2.49. The van der Waals surface area contributed by atoms with Crippen molar-refractivity contribution < 1.29 is 32.6 Å². The van der Waals surface area contributed by atoms with Crippen molar-refractivity contribution >= 4 is 39.8 Å². The van der Waals surface area contributed by atoms with Crippen molar-refractivity contribution in [2.24, 2.45) is 0 Å². The first-order valence-electron chi connectivity index (χ1n) is 8.88. The number of nitrogens with one attached hydrogen (secondary N) is 3. The van der Waals surface area contributed by atoms with Crippen LogP contribution in [0.25, 0.3) is 0 Å². The van der Waals surface area contributed by atoms with Crippen molar-refractivity contribution in [3.8, 4) is 5.75 Å². The van der Waals surface area contributed by atoms with E-state index >= 15 is 0 Å². The van der Waals surface area contributed by atoms with Crippen LogP contribution in [0.1, 0.15) is 32.5 Å². The van der Waals surface area contributed by atoms with Crippen LogP contribution in [0, 0.1) is 6.92 Å². The summed E-state index contributed by atoms with van der Waals surface area (Å²) in [6.07, 6.45) is 0. The molecule has 11 heteroatoms. The van der Waals surface area contributed by atoms with Crippen LogP contribution in [0.3, 0.4) is 0 Å². The number of carbonyl (C=O) groups is 3. The van der Waals surface area contributed by atoms with E-state index in [2.05, 4.69) is 20.7 Å². The van der Waals surface area contributed by atoms with E-state index in [-0.39, 0.29) is 35.4 Å². The Hall–Kier alpha value is -3.21. The maximum atomic E-state index is 12.3. The molecule has 0 radical (unpaired) electrons. The second kappa shape index (κ2) is 10.5. The van der Waals surface area contributed by atoms with Gasteiger partial charge in [-0.2, -0.15) is 8.78 Å². The Morgan fingerprint density at radius 1 is 1.17 bits per heavy atom. The quantitative estimate of drug-likeness (QED) is 0.516. The predicted octanol–water partition coefficient (Wildman–Crippen LogP) is 3.24. The molecule has 3 N–H and O–H groups in total. The Balaban J connectivity index is 2.09. The van der Waals surface area contributed by atoms with Gasteiger partial charge >= 0.3 is 12.6 Å². The zero-order valence-corrected chi connectivity index (χ0v) is 17.3. The molecule has 0 spiro atoms. The second-order valence-corrected chi connectivity index (χ2v) is 6.89. The zero-order valence-electron chi connectivity index (χ0n) is 16.5. The second-order valence-electron chi connectivity index (χ2n) is 5.86. The van der Waals surface area contributed by atoms with Crippen LogP contribution in [0.4, 0.5) is 19.5 Å². The standard InChI is InChI=1S/C19H21F2N3O5S/c1-4-28-18(27)14-10(2)15(16(26)22-3)30-17(14)24-13(25)9-23-11-5-7-12(8-6-11)29-19(20)21/h5-8,19,23H,4,9H2,1-3H3,(H,22,26)(H,24,25). The molecular formula is C19H21F2N3O5S. The molecule has 30 heavy (non-hydrogen) atoms. The van der Waals surface area contributed by atoms with Crippen LogP contribution in [0.5, 0.6) is 5.75 Å². The summed E-state index contributed by atoms with van der Waals surface area (Å²) in [5.74, 6) is -1.50. The topological polar surface area (TPSA) is 106 Å². The number of esters is 1. The first kappa shape index (κ1) is 23.1. The summed E-state index contributed by atoms with van der Waals surface area (Å²) in [6.45, 7) is 0.313. The van der Waals surface area contributed by atoms with E-state index < -0.39 is 18.5 Å². The largest absolute Gasteiger partial charge is 0.462 e. The van der Waals surface area contributed by atoms with Gasteiger partial charge in [0.15, 0.2) is 0 Å². The van der Waals surface area contributed by atoms with Gasteiger partial charge in [-0.1, -0.05) is 0 Å². The third-order valence-electron chi connectivity index (χ3n) is 3.85. The Kier molecular flexibility index (Phi) is 8.10. The number of thiophene rings is 1. The van der Waals surface area contributed by atoms with Gasteiger partial charge in [0.25, 0.3) is 5.91 Å². The molecule has 162 valence electrons. The monoisotopic (exact) mass is 441 g/mol. The minimum absolute atomic E-state index is 0.00475. The number of benzene rings is 1. The van der Waals surface area contributed by atoms with Gasteiger partial charge < -0.3 is 25.4 Å². The molecule has 0 atom stereocenters. The van der Waals surface area contributed by atoms with Gasteiger partial charge in [-0.3, -0.25) is 9.59 Å². The summed E-state index contributed by atoms with van der Waals surface area (Å²) in [4.78, 5) is 37.0. The Morgan fingerprint density at radius 2 is 1.83 bits per heavy atom. The number of carbonyl (C=O) groups excluding carboxylic acids is 3. The van der Waals surface area contributed by atoms with Crippen LogP contribution in [0.2, 0.25) is 0 Å². The Morgan fingerprint density at radius 3 is 2.40 bits per heavy atom. The van der Waals surface area contributed by atoms with Gasteiger partial charge in [0.2, 0.25) is 5.91 Å². The van der Waals surface area contributed by atoms with Crippen molar-refractivity contribution in [2.45, 2.75) is 20.5 Å². The van der Waals surface area contributed by atoms with Crippen molar-refractivity contribution in [1.29, 1.82) is 0 Å². The van der Waals surface area contributed by atoms with Gasteiger partial charge in [-0.15, -0.1) is 11.3 Å². The molecule has 2 rings (SSSR count). The number of hydrogen-bond donors (Lipinski definition) is 3. The molecule has 0 unspecified atom stereocenters. The van der Waals surface area contributed by atoms with Crippen LogP contribution in [-0.4, -0.2) is 44.6 Å². The lowest BCUT2D eigenvalue weighted by atomic mass is 10.1. The highest BCUT2D eigenvalue weighted by atomic mass is 32.1. The van der Waals surface area contributed by atoms with Crippen LogP contribution >= 0.6 is 11.3 Å². The zero-order chi connectivity index (χ0) is 22.3. The highest BCUT2D eigenvalue weighted by Crippen LogP contribution is 2.33. The molecule has 0 aliphatic heterocycles. The molecule has 1 heterocycles. The molecule has 0 aliphatic carbocycles. The van der Waals surface area contributed by atoms with E-state index in [0.29, 0.717) is 16.1 Å². The van der Waals surface area contributed by atoms with E-state index in [0.717, 1.165) is 11.3 Å². The van der Waals surface area contributed by atoms with Crippen molar-refractivity contribution in [3.63, 3.8) is 0 Å². The van der Waals surface area contributed by atoms with E-state index in [1.807, 2.05) is 0 Å². The van der Waals surface area contributed by atoms with Crippen LogP contribution < -0.4 is 20.7 Å². The average Bonchev–Trinajstić information content (AvgIpc) is 3.02. The van der Waals surface area contributed by atoms with Crippen LogP contribution in [-0.2, 0) is 9.53 Å². The number of anilines is 2. The third kappa shape index (κ3) is 5.89. The number of ether oxygens (including phenoxy) is 2. The average molecular weight is 441 g/mol. The molecule has 1 aromatic carbocycles. The summed E-state index contributed by atoms with van der Waals surface area (Å²) < 4.78 is 33.6. The molecule has 0 fully saturated rings. The van der Waals surface area contributed by atoms with E-state index in [1.165, 1.54) is 31.3 Å². The Bertz CT molecular complexity index is 916. The molecule has 2 amide bonds. The maximum absolute atomic E-state index is 12.3. The predicted molar refractivity (Wildman–Crippen MR) is 109 cm³/mol. The summed E-state index contributed by atoms with van der Waals surface area (Å²) in [6, 6.07) is 5.63. The van der Waals surface area contributed by atoms with Crippen molar-refractivity contribution in [3.05, 3.63) is 40.3 Å². The highest BCUT2D eigenvalue weighted by Gasteiger charge is 2.26. The number of amides is 2. The minimum atomic E-state index is -2.92. The van der Waals surface area contributed by atoms with Crippen molar-refractivity contribution in [1.82, 2.24) is 5.32 Å². The van der Waals surface area contributed by atoms with E-state index in [1.54, 1.807) is 13.8 Å². The highest BCUT2D eigenvalue weighted by molar-refractivity contribution is 7.18. The fraction of sp³-hybridized carbons (Fsp3) is 0.316. The summed E-state index contributed by atoms with van der Waals surface area (Å²) in [5.41, 5.74) is 1.05. The minimum Gasteiger partial charge on any atom is -0.462 e. The number of hydrogen-bond acceptors (Lipinski definition) is 7. The summed E-state index contributed by atoms with van der Waals surface area (Å²) >= 11 is 0.970. The number of rotatable bonds is 9. The SMILES string of the molecule is CCOC(=O)c1c(NC(=O)CNc2ccc(OC(F)F)cc2)sc(C(=O)NC)c1C. The normalized spacial score (nSPS) is 10.5.